The smallest absolute Gasteiger partial charge is 0.118 e. The van der Waals surface area contributed by atoms with Crippen LogP contribution in [0, 0.1) is 6.92 Å². The summed E-state index contributed by atoms with van der Waals surface area (Å²) in [6.07, 6.45) is 0. The first-order chi connectivity index (χ1) is 10.3. The minimum absolute atomic E-state index is 0.704. The Balaban J connectivity index is 1.85. The summed E-state index contributed by atoms with van der Waals surface area (Å²) in [5.74, 6) is 0.860. The number of nitrogens with zero attached hydrogens (tertiary/aromatic N) is 3. The van der Waals surface area contributed by atoms with Crippen LogP contribution in [0.3, 0.4) is 0 Å². The Morgan fingerprint density at radius 1 is 1.00 bits per heavy atom. The lowest BCUT2D eigenvalue weighted by Gasteiger charge is -2.05. The van der Waals surface area contributed by atoms with Gasteiger partial charge in [-0.1, -0.05) is 47.7 Å². The topological polar surface area (TPSA) is 39.9 Å². The fourth-order valence-corrected chi connectivity index (χ4v) is 2.28. The van der Waals surface area contributed by atoms with Gasteiger partial charge in [0.15, 0.2) is 0 Å². The summed E-state index contributed by atoms with van der Waals surface area (Å²) in [5.41, 5.74) is 4.26. The van der Waals surface area contributed by atoms with E-state index in [0.29, 0.717) is 6.54 Å². The molecule has 3 aromatic rings. The molecular formula is C17H17N3O. The molecule has 0 radical (unpaired) electrons. The van der Waals surface area contributed by atoms with Crippen LogP contribution >= 0.6 is 0 Å². The van der Waals surface area contributed by atoms with Crippen LogP contribution in [0.5, 0.6) is 5.75 Å². The van der Waals surface area contributed by atoms with Gasteiger partial charge in [0, 0.05) is 5.56 Å². The van der Waals surface area contributed by atoms with Crippen LogP contribution in [0.1, 0.15) is 11.3 Å². The highest BCUT2D eigenvalue weighted by Gasteiger charge is 2.10. The SMILES string of the molecule is COc1ccc(Cn2nnc(-c3ccccc3)c2C)cc1. The molecule has 1 heterocycles. The van der Waals surface area contributed by atoms with Gasteiger partial charge in [-0.05, 0) is 24.6 Å². The zero-order valence-electron chi connectivity index (χ0n) is 12.2. The lowest BCUT2D eigenvalue weighted by atomic mass is 10.1. The van der Waals surface area contributed by atoms with E-state index in [9.17, 15) is 0 Å². The third-order valence-electron chi connectivity index (χ3n) is 3.52. The van der Waals surface area contributed by atoms with E-state index in [1.807, 2.05) is 54.1 Å². The molecule has 0 aliphatic rings. The van der Waals surface area contributed by atoms with E-state index in [-0.39, 0.29) is 0 Å². The van der Waals surface area contributed by atoms with Gasteiger partial charge in [-0.2, -0.15) is 0 Å². The molecule has 4 heteroatoms. The van der Waals surface area contributed by atoms with Gasteiger partial charge in [0.05, 0.1) is 19.3 Å². The van der Waals surface area contributed by atoms with Crippen molar-refractivity contribution in [3.05, 3.63) is 65.9 Å². The number of ether oxygens (including phenoxy) is 1. The molecule has 0 aliphatic carbocycles. The highest BCUT2D eigenvalue weighted by molar-refractivity contribution is 5.60. The fourth-order valence-electron chi connectivity index (χ4n) is 2.28. The van der Waals surface area contributed by atoms with Crippen LogP contribution in [0.25, 0.3) is 11.3 Å². The highest BCUT2D eigenvalue weighted by Crippen LogP contribution is 2.21. The lowest BCUT2D eigenvalue weighted by Crippen LogP contribution is -2.04. The number of rotatable bonds is 4. The first-order valence-electron chi connectivity index (χ1n) is 6.86. The molecule has 0 aliphatic heterocycles. The average molecular weight is 279 g/mol. The molecule has 0 unspecified atom stereocenters. The van der Waals surface area contributed by atoms with Gasteiger partial charge in [0.25, 0.3) is 0 Å². The Morgan fingerprint density at radius 2 is 1.71 bits per heavy atom. The summed E-state index contributed by atoms with van der Waals surface area (Å²) in [5, 5.41) is 8.57. The number of methoxy groups -OCH3 is 1. The number of aromatic nitrogens is 3. The van der Waals surface area contributed by atoms with E-state index in [1.54, 1.807) is 7.11 Å². The minimum Gasteiger partial charge on any atom is -0.497 e. The second-order valence-corrected chi connectivity index (χ2v) is 4.90. The Hall–Kier alpha value is -2.62. The molecule has 0 spiro atoms. The van der Waals surface area contributed by atoms with E-state index < -0.39 is 0 Å². The Labute approximate surface area is 124 Å². The first-order valence-corrected chi connectivity index (χ1v) is 6.86. The van der Waals surface area contributed by atoms with Crippen molar-refractivity contribution in [1.29, 1.82) is 0 Å². The monoisotopic (exact) mass is 279 g/mol. The molecule has 106 valence electrons. The quantitative estimate of drug-likeness (QED) is 0.735. The first kappa shape index (κ1) is 13.4. The predicted octanol–water partition coefficient (Wildman–Crippen LogP) is 3.31. The Bertz CT molecular complexity index is 718. The van der Waals surface area contributed by atoms with Gasteiger partial charge in [-0.25, -0.2) is 4.68 Å². The third kappa shape index (κ3) is 2.79. The largest absolute Gasteiger partial charge is 0.497 e. The van der Waals surface area contributed by atoms with Crippen molar-refractivity contribution in [3.8, 4) is 17.0 Å². The fraction of sp³-hybridized carbons (Fsp3) is 0.176. The van der Waals surface area contributed by atoms with E-state index in [1.165, 1.54) is 5.56 Å². The van der Waals surface area contributed by atoms with E-state index in [2.05, 4.69) is 22.4 Å². The van der Waals surface area contributed by atoms with Gasteiger partial charge in [-0.3, -0.25) is 0 Å². The molecule has 2 aromatic carbocycles. The van der Waals surface area contributed by atoms with Crippen molar-refractivity contribution in [2.45, 2.75) is 13.5 Å². The van der Waals surface area contributed by atoms with E-state index in [4.69, 9.17) is 4.74 Å². The average Bonchev–Trinajstić information content (AvgIpc) is 2.90. The highest BCUT2D eigenvalue weighted by atomic mass is 16.5. The molecule has 0 fully saturated rings. The van der Waals surface area contributed by atoms with Crippen LogP contribution in [0.2, 0.25) is 0 Å². The van der Waals surface area contributed by atoms with Crippen molar-refractivity contribution in [2.75, 3.05) is 7.11 Å². The van der Waals surface area contributed by atoms with Gasteiger partial charge in [-0.15, -0.1) is 5.10 Å². The van der Waals surface area contributed by atoms with Gasteiger partial charge < -0.3 is 4.74 Å². The number of hydrogen-bond donors (Lipinski definition) is 0. The Morgan fingerprint density at radius 3 is 2.38 bits per heavy atom. The molecule has 21 heavy (non-hydrogen) atoms. The van der Waals surface area contributed by atoms with Crippen molar-refractivity contribution in [1.82, 2.24) is 15.0 Å². The second kappa shape index (κ2) is 5.79. The zero-order chi connectivity index (χ0) is 14.7. The van der Waals surface area contributed by atoms with Crippen LogP contribution in [-0.4, -0.2) is 22.1 Å². The second-order valence-electron chi connectivity index (χ2n) is 4.90. The molecule has 0 amide bonds. The maximum atomic E-state index is 5.17. The summed E-state index contributed by atoms with van der Waals surface area (Å²) < 4.78 is 7.09. The summed E-state index contributed by atoms with van der Waals surface area (Å²) in [4.78, 5) is 0. The molecule has 3 rings (SSSR count). The third-order valence-corrected chi connectivity index (χ3v) is 3.52. The van der Waals surface area contributed by atoms with Gasteiger partial charge >= 0.3 is 0 Å². The molecule has 0 N–H and O–H groups in total. The number of hydrogen-bond acceptors (Lipinski definition) is 3. The predicted molar refractivity (Wildman–Crippen MR) is 82.3 cm³/mol. The normalized spacial score (nSPS) is 10.6. The molecule has 0 saturated carbocycles. The summed E-state index contributed by atoms with van der Waals surface area (Å²) in [6.45, 7) is 2.75. The van der Waals surface area contributed by atoms with Crippen LogP contribution in [0.4, 0.5) is 0 Å². The van der Waals surface area contributed by atoms with Crippen LogP contribution in [-0.2, 0) is 6.54 Å². The van der Waals surface area contributed by atoms with Crippen LogP contribution in [0.15, 0.2) is 54.6 Å². The standard InChI is InChI=1S/C17H17N3O/c1-13-17(15-6-4-3-5-7-15)18-19-20(13)12-14-8-10-16(21-2)11-9-14/h3-11H,12H2,1-2H3. The minimum atomic E-state index is 0.704. The maximum absolute atomic E-state index is 5.17. The number of benzene rings is 2. The molecule has 0 saturated heterocycles. The van der Waals surface area contributed by atoms with E-state index >= 15 is 0 Å². The summed E-state index contributed by atoms with van der Waals surface area (Å²) in [7, 11) is 1.67. The Kier molecular flexibility index (Phi) is 3.69. The molecule has 0 atom stereocenters. The van der Waals surface area contributed by atoms with Crippen molar-refractivity contribution >= 4 is 0 Å². The van der Waals surface area contributed by atoms with Gasteiger partial charge in [0.2, 0.25) is 0 Å². The molecule has 0 bridgehead atoms. The van der Waals surface area contributed by atoms with Crippen LogP contribution < -0.4 is 4.74 Å². The molecule has 4 nitrogen and oxygen atoms in total. The van der Waals surface area contributed by atoms with Crippen molar-refractivity contribution < 1.29 is 4.74 Å². The molecular weight excluding hydrogens is 262 g/mol. The van der Waals surface area contributed by atoms with Crippen molar-refractivity contribution in [2.24, 2.45) is 0 Å². The van der Waals surface area contributed by atoms with Crippen molar-refractivity contribution in [3.63, 3.8) is 0 Å². The van der Waals surface area contributed by atoms with Gasteiger partial charge in [0.1, 0.15) is 11.4 Å². The zero-order valence-corrected chi connectivity index (χ0v) is 12.2. The maximum Gasteiger partial charge on any atom is 0.118 e. The summed E-state index contributed by atoms with van der Waals surface area (Å²) in [6, 6.07) is 18.1. The molecule has 1 aromatic heterocycles. The summed E-state index contributed by atoms with van der Waals surface area (Å²) >= 11 is 0. The van der Waals surface area contributed by atoms with E-state index in [0.717, 1.165) is 22.7 Å². The lowest BCUT2D eigenvalue weighted by molar-refractivity contribution is 0.414.